The van der Waals surface area contributed by atoms with E-state index in [0.29, 0.717) is 5.75 Å². The molecule has 34 heavy (non-hydrogen) atoms. The summed E-state index contributed by atoms with van der Waals surface area (Å²) in [6, 6.07) is 1.75. The Balaban J connectivity index is 2.87. The summed E-state index contributed by atoms with van der Waals surface area (Å²) in [6.07, 6.45) is 2.22. The molecule has 0 radical (unpaired) electrons. The van der Waals surface area contributed by atoms with Crippen LogP contribution in [0.25, 0.3) is 0 Å². The summed E-state index contributed by atoms with van der Waals surface area (Å²) in [6.45, 7) is 2.65. The fourth-order valence-corrected chi connectivity index (χ4v) is 3.47. The van der Waals surface area contributed by atoms with Gasteiger partial charge in [-0.15, -0.1) is 0 Å². The maximum absolute atomic E-state index is 13.0. The smallest absolute Gasteiger partial charge is 0.328 e. The van der Waals surface area contributed by atoms with Crippen molar-refractivity contribution in [2.24, 2.45) is 11.7 Å². The largest absolute Gasteiger partial charge is 0.508 e. The Morgan fingerprint density at radius 3 is 2.06 bits per heavy atom. The Bertz CT molecular complexity index is 835. The third kappa shape index (κ3) is 9.57. The monoisotopic (exact) mass is 498 g/mol. The molecule has 0 saturated carbocycles. The SMILES string of the molecule is CSCCC(NC(=O)C(NC(=O)C(N)Cc1ccc(O)cc1)C(C)C)C(=O)NC(CO)C(=O)O. The van der Waals surface area contributed by atoms with Crippen molar-refractivity contribution >= 4 is 35.5 Å². The van der Waals surface area contributed by atoms with Gasteiger partial charge in [0.25, 0.3) is 0 Å². The Labute approximate surface area is 202 Å². The average Bonchev–Trinajstić information content (AvgIpc) is 2.78. The number of phenolic OH excluding ortho intramolecular Hbond substituents is 1. The zero-order valence-electron chi connectivity index (χ0n) is 19.5. The Kier molecular flexibility index (Phi) is 12.4. The van der Waals surface area contributed by atoms with Crippen LogP contribution in [0.3, 0.4) is 0 Å². The van der Waals surface area contributed by atoms with Crippen LogP contribution in [0.5, 0.6) is 5.75 Å². The first-order chi connectivity index (χ1) is 16.0. The van der Waals surface area contributed by atoms with Crippen LogP contribution in [-0.4, -0.2) is 81.8 Å². The number of nitrogens with two attached hydrogens (primary N) is 1. The number of aliphatic carboxylic acids is 1. The molecular weight excluding hydrogens is 464 g/mol. The fourth-order valence-electron chi connectivity index (χ4n) is 3.00. The molecule has 4 atom stereocenters. The minimum absolute atomic E-state index is 0.0899. The average molecular weight is 499 g/mol. The standard InChI is InChI=1S/C22H34N4O7S/c1-12(2)18(26-19(29)15(23)10-13-4-6-14(28)7-5-13)21(31)24-16(8-9-34-3)20(30)25-17(11-27)22(32)33/h4-7,12,15-18,27-28H,8-11,23H2,1-3H3,(H,24,31)(H,25,30)(H,26,29)(H,32,33). The van der Waals surface area contributed by atoms with Crippen LogP contribution in [0, 0.1) is 5.92 Å². The molecule has 1 rings (SSSR count). The molecule has 8 N–H and O–H groups in total. The van der Waals surface area contributed by atoms with Crippen molar-refractivity contribution in [2.75, 3.05) is 18.6 Å². The molecule has 11 nitrogen and oxygen atoms in total. The predicted molar refractivity (Wildman–Crippen MR) is 128 cm³/mol. The second kappa shape index (κ2) is 14.4. The number of carboxylic acids is 1. The highest BCUT2D eigenvalue weighted by Gasteiger charge is 2.31. The third-order valence-electron chi connectivity index (χ3n) is 5.02. The molecule has 3 amide bonds. The number of aliphatic hydroxyl groups is 1. The second-order valence-electron chi connectivity index (χ2n) is 8.13. The Hall–Kier alpha value is -2.83. The van der Waals surface area contributed by atoms with E-state index in [4.69, 9.17) is 15.9 Å². The summed E-state index contributed by atoms with van der Waals surface area (Å²) in [5.41, 5.74) is 6.73. The first kappa shape index (κ1) is 29.2. The molecule has 0 fully saturated rings. The van der Waals surface area contributed by atoms with Crippen LogP contribution in [0.4, 0.5) is 0 Å². The summed E-state index contributed by atoms with van der Waals surface area (Å²) < 4.78 is 0. The summed E-state index contributed by atoms with van der Waals surface area (Å²) >= 11 is 1.44. The number of rotatable bonds is 14. The number of phenols is 1. The second-order valence-corrected chi connectivity index (χ2v) is 9.12. The summed E-state index contributed by atoms with van der Waals surface area (Å²) in [7, 11) is 0. The van der Waals surface area contributed by atoms with E-state index >= 15 is 0 Å². The summed E-state index contributed by atoms with van der Waals surface area (Å²) in [5.74, 6) is -3.06. The molecule has 1 aromatic carbocycles. The number of hydrogen-bond donors (Lipinski definition) is 7. The van der Waals surface area contributed by atoms with Gasteiger partial charge in [-0.05, 0) is 48.5 Å². The van der Waals surface area contributed by atoms with Crippen LogP contribution in [0.2, 0.25) is 0 Å². The van der Waals surface area contributed by atoms with Crippen LogP contribution in [0.15, 0.2) is 24.3 Å². The number of thioether (sulfide) groups is 1. The molecule has 0 spiro atoms. The van der Waals surface area contributed by atoms with Crippen LogP contribution in [-0.2, 0) is 25.6 Å². The summed E-state index contributed by atoms with van der Waals surface area (Å²) in [5, 5.41) is 35.0. The van der Waals surface area contributed by atoms with E-state index in [2.05, 4.69) is 16.0 Å². The lowest BCUT2D eigenvalue weighted by atomic mass is 10.0. The Morgan fingerprint density at radius 1 is 0.971 bits per heavy atom. The molecule has 0 heterocycles. The number of carbonyl (C=O) groups is 4. The van der Waals surface area contributed by atoms with Crippen molar-refractivity contribution in [1.82, 2.24) is 16.0 Å². The number of benzene rings is 1. The lowest BCUT2D eigenvalue weighted by Gasteiger charge is -2.26. The topological polar surface area (TPSA) is 191 Å². The minimum Gasteiger partial charge on any atom is -0.508 e. The van der Waals surface area contributed by atoms with Crippen LogP contribution >= 0.6 is 11.8 Å². The quantitative estimate of drug-likeness (QED) is 0.172. The van der Waals surface area contributed by atoms with Crippen molar-refractivity contribution in [1.29, 1.82) is 0 Å². The number of aliphatic hydroxyl groups excluding tert-OH is 1. The number of nitrogens with one attached hydrogen (secondary N) is 3. The number of hydrogen-bond acceptors (Lipinski definition) is 8. The van der Waals surface area contributed by atoms with Crippen molar-refractivity contribution in [3.63, 3.8) is 0 Å². The van der Waals surface area contributed by atoms with Gasteiger partial charge in [0.15, 0.2) is 0 Å². The highest BCUT2D eigenvalue weighted by Crippen LogP contribution is 2.12. The van der Waals surface area contributed by atoms with E-state index in [-0.39, 0.29) is 24.5 Å². The number of carbonyl (C=O) groups excluding carboxylic acids is 3. The number of carboxylic acid groups (broad SMARTS) is 1. The van der Waals surface area contributed by atoms with Gasteiger partial charge in [-0.25, -0.2) is 4.79 Å². The minimum atomic E-state index is -1.50. The van der Waals surface area contributed by atoms with E-state index < -0.39 is 54.5 Å². The van der Waals surface area contributed by atoms with Gasteiger partial charge < -0.3 is 37.0 Å². The van der Waals surface area contributed by atoms with E-state index in [1.54, 1.807) is 26.0 Å². The lowest BCUT2D eigenvalue weighted by Crippen LogP contribution is -2.59. The van der Waals surface area contributed by atoms with Gasteiger partial charge in [-0.3, -0.25) is 14.4 Å². The normalized spacial score (nSPS) is 14.5. The molecule has 0 saturated heterocycles. The van der Waals surface area contributed by atoms with Crippen molar-refractivity contribution in [3.8, 4) is 5.75 Å². The molecule has 1 aromatic rings. The predicted octanol–water partition coefficient (Wildman–Crippen LogP) is -0.798. The van der Waals surface area contributed by atoms with Gasteiger partial charge in [0.2, 0.25) is 17.7 Å². The maximum Gasteiger partial charge on any atom is 0.328 e. The van der Waals surface area contributed by atoms with Crippen molar-refractivity contribution in [3.05, 3.63) is 29.8 Å². The fraction of sp³-hybridized carbons (Fsp3) is 0.545. The summed E-state index contributed by atoms with van der Waals surface area (Å²) in [4.78, 5) is 49.3. The molecular formula is C22H34N4O7S. The number of aromatic hydroxyl groups is 1. The molecule has 0 aliphatic carbocycles. The van der Waals surface area contributed by atoms with Gasteiger partial charge in [0, 0.05) is 0 Å². The zero-order valence-corrected chi connectivity index (χ0v) is 20.3. The van der Waals surface area contributed by atoms with Gasteiger partial charge >= 0.3 is 5.97 Å². The molecule has 0 aliphatic heterocycles. The van der Waals surface area contributed by atoms with Crippen LogP contribution < -0.4 is 21.7 Å². The lowest BCUT2D eigenvalue weighted by molar-refractivity contribution is -0.143. The van der Waals surface area contributed by atoms with E-state index in [0.717, 1.165) is 5.56 Å². The molecule has 4 unspecified atom stereocenters. The maximum atomic E-state index is 13.0. The zero-order chi connectivity index (χ0) is 25.8. The Morgan fingerprint density at radius 2 is 1.56 bits per heavy atom. The van der Waals surface area contributed by atoms with E-state index in [9.17, 15) is 24.3 Å². The highest BCUT2D eigenvalue weighted by atomic mass is 32.2. The number of amides is 3. The van der Waals surface area contributed by atoms with Gasteiger partial charge in [0.05, 0.1) is 12.6 Å². The molecule has 0 aromatic heterocycles. The van der Waals surface area contributed by atoms with Gasteiger partial charge in [-0.2, -0.15) is 11.8 Å². The van der Waals surface area contributed by atoms with Crippen molar-refractivity contribution in [2.45, 2.75) is 50.9 Å². The molecule has 12 heteroatoms. The molecule has 190 valence electrons. The van der Waals surface area contributed by atoms with Crippen LogP contribution in [0.1, 0.15) is 25.8 Å². The van der Waals surface area contributed by atoms with Crippen molar-refractivity contribution < 1.29 is 34.5 Å². The highest BCUT2D eigenvalue weighted by molar-refractivity contribution is 7.98. The van der Waals surface area contributed by atoms with E-state index in [1.807, 2.05) is 6.26 Å². The van der Waals surface area contributed by atoms with Gasteiger partial charge in [0.1, 0.15) is 23.9 Å². The first-order valence-electron chi connectivity index (χ1n) is 10.8. The molecule has 0 bridgehead atoms. The molecule has 0 aliphatic rings. The first-order valence-corrected chi connectivity index (χ1v) is 12.2. The van der Waals surface area contributed by atoms with E-state index in [1.165, 1.54) is 23.9 Å². The van der Waals surface area contributed by atoms with Gasteiger partial charge in [-0.1, -0.05) is 26.0 Å². The third-order valence-corrected chi connectivity index (χ3v) is 5.66.